The van der Waals surface area contributed by atoms with Crippen molar-refractivity contribution < 1.29 is 17.9 Å². The van der Waals surface area contributed by atoms with Crippen LogP contribution < -0.4 is 4.72 Å². The van der Waals surface area contributed by atoms with Gasteiger partial charge in [0.25, 0.3) is 0 Å². The van der Waals surface area contributed by atoms with Gasteiger partial charge in [0, 0.05) is 13.0 Å². The molecule has 2 N–H and O–H groups in total. The molecule has 0 spiro atoms. The number of hydrogen-bond donors (Lipinski definition) is 2. The van der Waals surface area contributed by atoms with E-state index in [1.54, 1.807) is 13.0 Å². The highest BCUT2D eigenvalue weighted by Crippen LogP contribution is 2.16. The Balaban J connectivity index is 1.94. The van der Waals surface area contributed by atoms with E-state index in [0.29, 0.717) is 12.0 Å². The van der Waals surface area contributed by atoms with E-state index in [4.69, 9.17) is 0 Å². The van der Waals surface area contributed by atoms with Crippen molar-refractivity contribution in [2.75, 3.05) is 6.54 Å². The molecule has 120 valence electrons. The number of rotatable bonds is 7. The normalized spacial score (nSPS) is 14.7. The molecule has 7 heteroatoms. The molecule has 4 nitrogen and oxygen atoms in total. The van der Waals surface area contributed by atoms with E-state index >= 15 is 0 Å². The number of nitrogens with one attached hydrogen (secondary N) is 1. The van der Waals surface area contributed by atoms with Gasteiger partial charge in [-0.05, 0) is 47.0 Å². The van der Waals surface area contributed by atoms with E-state index in [-0.39, 0.29) is 12.3 Å². The molecular weight excluding hydrogens is 325 g/mol. The van der Waals surface area contributed by atoms with Gasteiger partial charge < -0.3 is 5.11 Å². The molecule has 2 aromatic rings. The molecule has 0 fully saturated rings. The molecule has 0 aliphatic heterocycles. The van der Waals surface area contributed by atoms with Crippen molar-refractivity contribution in [3.63, 3.8) is 0 Å². The molecule has 0 aliphatic rings. The molecule has 0 aliphatic carbocycles. The Hall–Kier alpha value is -1.28. The molecule has 1 aromatic heterocycles. The number of aliphatic hydroxyl groups is 1. The van der Waals surface area contributed by atoms with E-state index in [9.17, 15) is 17.9 Å². The number of sulfonamides is 1. The Morgan fingerprint density at radius 3 is 2.73 bits per heavy atom. The van der Waals surface area contributed by atoms with Crippen LogP contribution in [0.5, 0.6) is 0 Å². The molecule has 1 heterocycles. The molecule has 1 aromatic carbocycles. The zero-order chi connectivity index (χ0) is 16.2. The number of hydrogen-bond acceptors (Lipinski definition) is 4. The molecule has 0 amide bonds. The summed E-state index contributed by atoms with van der Waals surface area (Å²) in [5.74, 6) is -0.795. The second-order valence-electron chi connectivity index (χ2n) is 5.52. The van der Waals surface area contributed by atoms with Crippen LogP contribution >= 0.6 is 11.3 Å². The average molecular weight is 343 g/mol. The number of benzene rings is 1. The van der Waals surface area contributed by atoms with Crippen LogP contribution in [0.1, 0.15) is 18.1 Å². The quantitative estimate of drug-likeness (QED) is 0.811. The fraction of sp³-hybridized carbons (Fsp3) is 0.333. The second kappa shape index (κ2) is 6.87. The first-order valence-corrected chi connectivity index (χ1v) is 9.31. The van der Waals surface area contributed by atoms with E-state index in [1.165, 1.54) is 29.5 Å². The van der Waals surface area contributed by atoms with Crippen molar-refractivity contribution in [1.82, 2.24) is 4.72 Å². The largest absolute Gasteiger partial charge is 0.388 e. The van der Waals surface area contributed by atoms with Crippen LogP contribution in [0.2, 0.25) is 0 Å². The molecule has 2 rings (SSSR count). The molecule has 0 saturated carbocycles. The second-order valence-corrected chi connectivity index (χ2v) is 8.10. The monoisotopic (exact) mass is 343 g/mol. The maximum Gasteiger partial charge on any atom is 0.215 e. The lowest BCUT2D eigenvalue weighted by Gasteiger charge is -2.23. The maximum atomic E-state index is 13.1. The first-order valence-electron chi connectivity index (χ1n) is 6.71. The van der Waals surface area contributed by atoms with Crippen LogP contribution in [0.25, 0.3) is 0 Å². The van der Waals surface area contributed by atoms with Crippen molar-refractivity contribution in [2.45, 2.75) is 24.7 Å². The standard InChI is InChI=1S/C15H18FNO3S2/c1-15(18,8-13-5-6-21-9-13)11-17-22(19,20)10-12-3-2-4-14(16)7-12/h2-7,9,17-18H,8,10-11H2,1H3. The van der Waals surface area contributed by atoms with Gasteiger partial charge in [0.05, 0.1) is 11.4 Å². The minimum Gasteiger partial charge on any atom is -0.388 e. The molecule has 1 unspecified atom stereocenters. The molecule has 0 saturated heterocycles. The summed E-state index contributed by atoms with van der Waals surface area (Å²) >= 11 is 1.52. The van der Waals surface area contributed by atoms with Crippen molar-refractivity contribution in [3.8, 4) is 0 Å². The van der Waals surface area contributed by atoms with Crippen molar-refractivity contribution in [3.05, 3.63) is 58.0 Å². The third-order valence-electron chi connectivity index (χ3n) is 3.08. The lowest BCUT2D eigenvalue weighted by atomic mass is 9.99. The van der Waals surface area contributed by atoms with Crippen molar-refractivity contribution in [2.24, 2.45) is 0 Å². The summed E-state index contributed by atoms with van der Waals surface area (Å²) in [6, 6.07) is 7.34. The lowest BCUT2D eigenvalue weighted by Crippen LogP contribution is -2.42. The molecular formula is C15H18FNO3S2. The van der Waals surface area contributed by atoms with Gasteiger partial charge in [-0.25, -0.2) is 17.5 Å². The Morgan fingerprint density at radius 2 is 2.09 bits per heavy atom. The Labute approximate surface area is 133 Å². The molecule has 22 heavy (non-hydrogen) atoms. The summed E-state index contributed by atoms with van der Waals surface area (Å²) in [4.78, 5) is 0. The van der Waals surface area contributed by atoms with Crippen LogP contribution in [0.15, 0.2) is 41.1 Å². The minimum atomic E-state index is -3.64. The number of halogens is 1. The van der Waals surface area contributed by atoms with Gasteiger partial charge in [-0.1, -0.05) is 12.1 Å². The summed E-state index contributed by atoms with van der Waals surface area (Å²) in [5, 5.41) is 14.1. The smallest absolute Gasteiger partial charge is 0.215 e. The Kier molecular flexibility index (Phi) is 5.33. The van der Waals surface area contributed by atoms with Crippen LogP contribution in [0, 0.1) is 5.82 Å². The SMILES string of the molecule is CC(O)(CNS(=O)(=O)Cc1cccc(F)c1)Cc1ccsc1. The van der Waals surface area contributed by atoms with Crippen molar-refractivity contribution >= 4 is 21.4 Å². The minimum absolute atomic E-state index is 0.0967. The van der Waals surface area contributed by atoms with Gasteiger partial charge in [-0.15, -0.1) is 0 Å². The van der Waals surface area contributed by atoms with Gasteiger partial charge in [0.2, 0.25) is 10.0 Å². The average Bonchev–Trinajstić information content (AvgIpc) is 2.88. The van der Waals surface area contributed by atoms with Crippen LogP contribution in [-0.4, -0.2) is 25.7 Å². The van der Waals surface area contributed by atoms with E-state index in [1.807, 2.05) is 16.8 Å². The van der Waals surface area contributed by atoms with Gasteiger partial charge >= 0.3 is 0 Å². The summed E-state index contributed by atoms with van der Waals surface area (Å²) in [5.41, 5.74) is 0.139. The third kappa shape index (κ3) is 5.49. The van der Waals surface area contributed by atoms with Crippen LogP contribution in [0.3, 0.4) is 0 Å². The molecule has 1 atom stereocenters. The van der Waals surface area contributed by atoms with Crippen LogP contribution in [0.4, 0.5) is 4.39 Å². The maximum absolute atomic E-state index is 13.1. The predicted octanol–water partition coefficient (Wildman–Crippen LogP) is 2.30. The van der Waals surface area contributed by atoms with Crippen molar-refractivity contribution in [1.29, 1.82) is 0 Å². The molecule has 0 bridgehead atoms. The first kappa shape index (κ1) is 17.1. The predicted molar refractivity (Wildman–Crippen MR) is 85.7 cm³/mol. The fourth-order valence-electron chi connectivity index (χ4n) is 2.06. The topological polar surface area (TPSA) is 66.4 Å². The summed E-state index contributed by atoms with van der Waals surface area (Å²) < 4.78 is 39.5. The van der Waals surface area contributed by atoms with Gasteiger partial charge in [-0.3, -0.25) is 0 Å². The van der Waals surface area contributed by atoms with Gasteiger partial charge in [-0.2, -0.15) is 11.3 Å². The first-order chi connectivity index (χ1) is 10.3. The third-order valence-corrected chi connectivity index (χ3v) is 5.11. The summed E-state index contributed by atoms with van der Waals surface area (Å²) in [6.45, 7) is 1.48. The fourth-order valence-corrected chi connectivity index (χ4v) is 3.98. The van der Waals surface area contributed by atoms with Crippen LogP contribution in [-0.2, 0) is 22.2 Å². The van der Waals surface area contributed by atoms with Gasteiger partial charge in [0.15, 0.2) is 0 Å². The highest BCUT2D eigenvalue weighted by Gasteiger charge is 2.24. The zero-order valence-electron chi connectivity index (χ0n) is 12.1. The summed E-state index contributed by atoms with van der Waals surface area (Å²) in [6.07, 6.45) is 0.360. The zero-order valence-corrected chi connectivity index (χ0v) is 13.8. The number of thiophene rings is 1. The molecule has 0 radical (unpaired) electrons. The highest BCUT2D eigenvalue weighted by atomic mass is 32.2. The van der Waals surface area contributed by atoms with Gasteiger partial charge in [0.1, 0.15) is 5.82 Å². The highest BCUT2D eigenvalue weighted by molar-refractivity contribution is 7.88. The lowest BCUT2D eigenvalue weighted by molar-refractivity contribution is 0.0658. The Bertz CT molecular complexity index is 712. The summed E-state index contributed by atoms with van der Waals surface area (Å²) in [7, 11) is -3.64. The Morgan fingerprint density at radius 1 is 1.32 bits per heavy atom. The van der Waals surface area contributed by atoms with E-state index in [2.05, 4.69) is 4.72 Å². The van der Waals surface area contributed by atoms with E-state index < -0.39 is 21.4 Å². The van der Waals surface area contributed by atoms with E-state index in [0.717, 1.165) is 5.56 Å².